The maximum absolute atomic E-state index is 14.0. The highest BCUT2D eigenvalue weighted by Crippen LogP contribution is 2.44. The van der Waals surface area contributed by atoms with Gasteiger partial charge in [-0.1, -0.05) is 37.3 Å². The Labute approximate surface area is 222 Å². The van der Waals surface area contributed by atoms with Gasteiger partial charge in [0.15, 0.2) is 0 Å². The van der Waals surface area contributed by atoms with Gasteiger partial charge >= 0.3 is 6.03 Å². The van der Waals surface area contributed by atoms with Gasteiger partial charge < -0.3 is 10.1 Å². The number of benzene rings is 3. The number of nitrogens with zero attached hydrogens (tertiary/aromatic N) is 4. The molecule has 2 aliphatic rings. The summed E-state index contributed by atoms with van der Waals surface area (Å²) in [5.74, 6) is -0.424. The molecule has 12 heteroatoms. The van der Waals surface area contributed by atoms with Gasteiger partial charge in [0.25, 0.3) is 17.3 Å². The molecule has 0 radical (unpaired) electrons. The van der Waals surface area contributed by atoms with E-state index >= 15 is 0 Å². The normalized spacial score (nSPS) is 18.4. The van der Waals surface area contributed by atoms with E-state index in [1.165, 1.54) is 58.3 Å². The van der Waals surface area contributed by atoms with Gasteiger partial charge in [0.1, 0.15) is 12.2 Å². The van der Waals surface area contributed by atoms with Crippen molar-refractivity contribution >= 4 is 34.7 Å². The molecule has 1 fully saturated rings. The predicted octanol–water partition coefficient (Wildman–Crippen LogP) is 5.15. The van der Waals surface area contributed by atoms with Gasteiger partial charge in [-0.25, -0.2) is 4.79 Å². The fourth-order valence-corrected chi connectivity index (χ4v) is 4.74. The van der Waals surface area contributed by atoms with E-state index in [4.69, 9.17) is 4.74 Å². The van der Waals surface area contributed by atoms with E-state index < -0.39 is 27.8 Å². The molecule has 1 N–H and O–H groups in total. The van der Waals surface area contributed by atoms with Crippen molar-refractivity contribution in [3.63, 3.8) is 0 Å². The van der Waals surface area contributed by atoms with E-state index in [0.717, 1.165) is 0 Å². The lowest BCUT2D eigenvalue weighted by Gasteiger charge is -2.41. The van der Waals surface area contributed by atoms with E-state index in [2.05, 4.69) is 5.32 Å². The first-order valence-corrected chi connectivity index (χ1v) is 12.1. The molecule has 198 valence electrons. The summed E-state index contributed by atoms with van der Waals surface area (Å²) in [6.07, 6.45) is 0.566. The maximum atomic E-state index is 14.0. The molecule has 0 spiro atoms. The minimum absolute atomic E-state index is 0.124. The molecule has 3 amide bonds. The number of hydrogen-bond acceptors (Lipinski definition) is 7. The highest BCUT2D eigenvalue weighted by molar-refractivity contribution is 6.09. The van der Waals surface area contributed by atoms with Crippen molar-refractivity contribution in [1.82, 2.24) is 4.90 Å². The number of rotatable bonds is 7. The van der Waals surface area contributed by atoms with Crippen LogP contribution in [-0.4, -0.2) is 39.3 Å². The van der Waals surface area contributed by atoms with Crippen LogP contribution < -0.4 is 10.2 Å². The zero-order valence-electron chi connectivity index (χ0n) is 20.7. The molecular formula is C27H23N5O7. The van der Waals surface area contributed by atoms with Crippen LogP contribution in [0.5, 0.6) is 0 Å². The van der Waals surface area contributed by atoms with Crippen molar-refractivity contribution in [1.29, 1.82) is 0 Å². The van der Waals surface area contributed by atoms with Crippen molar-refractivity contribution in [2.45, 2.75) is 25.4 Å². The number of amides is 3. The number of anilines is 2. The Hall–Kier alpha value is -5.26. The molecular weight excluding hydrogens is 506 g/mol. The number of urea groups is 1. The number of nitro groups is 2. The van der Waals surface area contributed by atoms with Crippen molar-refractivity contribution in [2.24, 2.45) is 0 Å². The molecule has 1 saturated heterocycles. The molecule has 0 bridgehead atoms. The van der Waals surface area contributed by atoms with Gasteiger partial charge in [-0.05, 0) is 36.2 Å². The number of hydrogen-bond donors (Lipinski definition) is 1. The predicted molar refractivity (Wildman–Crippen MR) is 141 cm³/mol. The average molecular weight is 530 g/mol. The number of non-ortho nitro benzene ring substituents is 2. The number of carbonyl (C=O) groups is 2. The second-order valence-corrected chi connectivity index (χ2v) is 8.96. The Morgan fingerprint density at radius 1 is 0.923 bits per heavy atom. The molecule has 3 aromatic rings. The van der Waals surface area contributed by atoms with Crippen molar-refractivity contribution < 1.29 is 24.2 Å². The lowest BCUT2D eigenvalue weighted by Crippen LogP contribution is -2.52. The van der Waals surface area contributed by atoms with Crippen LogP contribution >= 0.6 is 0 Å². The van der Waals surface area contributed by atoms with E-state index in [0.29, 0.717) is 23.4 Å². The van der Waals surface area contributed by atoms with Gasteiger partial charge in [0, 0.05) is 35.6 Å². The Morgan fingerprint density at radius 3 is 2.08 bits per heavy atom. The van der Waals surface area contributed by atoms with E-state index in [-0.39, 0.29) is 35.5 Å². The van der Waals surface area contributed by atoms with Crippen LogP contribution in [0, 0.1) is 20.2 Å². The quantitative estimate of drug-likeness (QED) is 0.329. The fourth-order valence-electron chi connectivity index (χ4n) is 4.74. The van der Waals surface area contributed by atoms with Crippen LogP contribution in [0.1, 0.15) is 24.9 Å². The van der Waals surface area contributed by atoms with E-state index in [1.54, 1.807) is 30.3 Å². The Balaban J connectivity index is 1.65. The van der Waals surface area contributed by atoms with Crippen LogP contribution in [0.4, 0.5) is 27.5 Å². The van der Waals surface area contributed by atoms with E-state index in [9.17, 15) is 29.8 Å². The molecule has 2 heterocycles. The zero-order valence-corrected chi connectivity index (χ0v) is 20.7. The third-order valence-corrected chi connectivity index (χ3v) is 6.68. The molecule has 0 aromatic heterocycles. The summed E-state index contributed by atoms with van der Waals surface area (Å²) in [4.78, 5) is 52.0. The third kappa shape index (κ3) is 4.63. The summed E-state index contributed by atoms with van der Waals surface area (Å²) in [6.45, 7) is 2.10. The number of fused-ring (bicyclic) bond motifs is 1. The van der Waals surface area contributed by atoms with Crippen LogP contribution in [-0.2, 0) is 9.53 Å². The minimum atomic E-state index is -0.930. The molecule has 0 aliphatic carbocycles. The first kappa shape index (κ1) is 25.4. The lowest BCUT2D eigenvalue weighted by molar-refractivity contribution is -0.385. The summed E-state index contributed by atoms with van der Waals surface area (Å²) in [5, 5.41) is 25.1. The minimum Gasteiger partial charge on any atom is -0.476 e. The van der Waals surface area contributed by atoms with Gasteiger partial charge in [0.2, 0.25) is 5.88 Å². The SMILES string of the molecule is CC[C@@H]1COC2=C(C(=O)Nc3ccc([N+](=O)[O-])cc3)[C@@H](c3ccccc3)N(c3ccc([N+](=O)[O-])cc3)C(=O)N21. The van der Waals surface area contributed by atoms with Crippen molar-refractivity contribution in [3.8, 4) is 0 Å². The summed E-state index contributed by atoms with van der Waals surface area (Å²) in [6, 6.07) is 18.2. The monoisotopic (exact) mass is 529 g/mol. The van der Waals surface area contributed by atoms with Crippen LogP contribution in [0.3, 0.4) is 0 Å². The zero-order chi connectivity index (χ0) is 27.7. The molecule has 0 saturated carbocycles. The second kappa shape index (κ2) is 10.2. The molecule has 2 aliphatic heterocycles. The van der Waals surface area contributed by atoms with Gasteiger partial charge in [-0.2, -0.15) is 0 Å². The summed E-state index contributed by atoms with van der Waals surface area (Å²) in [5.41, 5.74) is 1.20. The summed E-state index contributed by atoms with van der Waals surface area (Å²) in [7, 11) is 0. The molecule has 39 heavy (non-hydrogen) atoms. The summed E-state index contributed by atoms with van der Waals surface area (Å²) >= 11 is 0. The molecule has 3 aromatic carbocycles. The third-order valence-electron chi connectivity index (χ3n) is 6.68. The van der Waals surface area contributed by atoms with Crippen molar-refractivity contribution in [3.05, 3.63) is 116 Å². The number of carbonyl (C=O) groups excluding carboxylic acids is 2. The van der Waals surface area contributed by atoms with Crippen LogP contribution in [0.15, 0.2) is 90.3 Å². The van der Waals surface area contributed by atoms with E-state index in [1.807, 2.05) is 6.92 Å². The van der Waals surface area contributed by atoms with Crippen LogP contribution in [0.25, 0.3) is 0 Å². The largest absolute Gasteiger partial charge is 0.476 e. The first-order valence-electron chi connectivity index (χ1n) is 12.1. The molecule has 0 unspecified atom stereocenters. The second-order valence-electron chi connectivity index (χ2n) is 8.96. The molecule has 12 nitrogen and oxygen atoms in total. The Bertz CT molecular complexity index is 1470. The topological polar surface area (TPSA) is 148 Å². The maximum Gasteiger partial charge on any atom is 0.332 e. The Morgan fingerprint density at radius 2 is 1.51 bits per heavy atom. The average Bonchev–Trinajstić information content (AvgIpc) is 3.38. The fraction of sp³-hybridized carbons (Fsp3) is 0.185. The summed E-state index contributed by atoms with van der Waals surface area (Å²) < 4.78 is 5.96. The number of nitro benzene ring substituents is 2. The van der Waals surface area contributed by atoms with Gasteiger partial charge in [0.05, 0.1) is 21.9 Å². The number of ether oxygens (including phenoxy) is 1. The lowest BCUT2D eigenvalue weighted by atomic mass is 9.93. The standard InChI is InChI=1S/C27H23N5O7/c1-2-19-16-39-26-23(25(33)28-18-8-10-21(11-9-18)31(35)36)24(17-6-4-3-5-7-17)29(27(34)30(19)26)20-12-14-22(15-13-20)32(37)38/h3-15,19,24H,2,16H2,1H3,(H,28,33)/t19-,24-/m1/s1. The van der Waals surface area contributed by atoms with Crippen LogP contribution in [0.2, 0.25) is 0 Å². The van der Waals surface area contributed by atoms with Gasteiger partial charge in [-0.15, -0.1) is 0 Å². The molecule has 2 atom stereocenters. The smallest absolute Gasteiger partial charge is 0.332 e. The highest BCUT2D eigenvalue weighted by atomic mass is 16.6. The number of nitrogens with one attached hydrogen (secondary N) is 1. The van der Waals surface area contributed by atoms with Gasteiger partial charge in [-0.3, -0.25) is 34.8 Å². The highest BCUT2D eigenvalue weighted by Gasteiger charge is 2.49. The molecule has 5 rings (SSSR count). The Kier molecular flexibility index (Phi) is 6.67. The van der Waals surface area contributed by atoms with Crippen molar-refractivity contribution in [2.75, 3.05) is 16.8 Å². The first-order chi connectivity index (χ1) is 18.8.